The first-order valence-corrected chi connectivity index (χ1v) is 16.1. The highest BCUT2D eigenvalue weighted by molar-refractivity contribution is 9.10. The third-order valence-corrected chi connectivity index (χ3v) is 9.63. The second-order valence-electron chi connectivity index (χ2n) is 12.0. The molecule has 1 saturated carbocycles. The van der Waals surface area contributed by atoms with Crippen molar-refractivity contribution in [2.45, 2.75) is 51.6 Å². The van der Waals surface area contributed by atoms with Crippen LogP contribution < -0.4 is 9.64 Å². The molecule has 2 aromatic heterocycles. The minimum Gasteiger partial charge on any atom is -0.497 e. The molecule has 1 fully saturated rings. The van der Waals surface area contributed by atoms with Crippen LogP contribution in [-0.4, -0.2) is 38.8 Å². The number of carbonyl (C=O) groups is 2. The summed E-state index contributed by atoms with van der Waals surface area (Å²) in [4.78, 5) is 45.7. The van der Waals surface area contributed by atoms with Gasteiger partial charge in [-0.3, -0.25) is 9.59 Å². The highest BCUT2D eigenvalue weighted by atomic mass is 79.9. The average Bonchev–Trinajstić information content (AvgIpc) is 3.72. The van der Waals surface area contributed by atoms with E-state index < -0.39 is 0 Å². The molecule has 0 N–H and O–H groups in total. The first kappa shape index (κ1) is 28.8. The zero-order chi connectivity index (χ0) is 31.4. The van der Waals surface area contributed by atoms with Crippen LogP contribution >= 0.6 is 15.9 Å². The monoisotopic (exact) mass is 675 g/mol. The van der Waals surface area contributed by atoms with Crippen LogP contribution in [0.15, 0.2) is 77.7 Å². The largest absolute Gasteiger partial charge is 0.497 e. The predicted molar refractivity (Wildman–Crippen MR) is 175 cm³/mol. The maximum absolute atomic E-state index is 14.3. The van der Waals surface area contributed by atoms with E-state index in [-0.39, 0.29) is 18.4 Å². The molecule has 9 nitrogen and oxygen atoms in total. The lowest BCUT2D eigenvalue weighted by Crippen LogP contribution is -2.32. The van der Waals surface area contributed by atoms with Crippen LogP contribution in [0.1, 0.15) is 73.1 Å². The minimum absolute atomic E-state index is 0.112. The van der Waals surface area contributed by atoms with E-state index in [1.807, 2.05) is 65.6 Å². The lowest BCUT2D eigenvalue weighted by molar-refractivity contribution is 0.0767. The number of carbonyl (C=O) groups excluding carboxylic acids is 2. The quantitative estimate of drug-likeness (QED) is 0.169. The molecule has 230 valence electrons. The summed E-state index contributed by atoms with van der Waals surface area (Å²) in [5.41, 5.74) is 7.26. The summed E-state index contributed by atoms with van der Waals surface area (Å²) in [5, 5.41) is 1.03. The van der Waals surface area contributed by atoms with Crippen LogP contribution in [0.4, 0.5) is 5.69 Å². The molecule has 2 aliphatic heterocycles. The minimum atomic E-state index is -0.270. The smallest absolute Gasteiger partial charge is 0.261 e. The van der Waals surface area contributed by atoms with Crippen molar-refractivity contribution >= 4 is 44.3 Å². The number of rotatable bonds is 8. The van der Waals surface area contributed by atoms with Crippen LogP contribution in [0, 0.1) is 0 Å². The fourth-order valence-corrected chi connectivity index (χ4v) is 6.91. The molecule has 0 bridgehead atoms. The molecule has 8 rings (SSSR count). The van der Waals surface area contributed by atoms with Crippen LogP contribution in [0.2, 0.25) is 0 Å². The van der Waals surface area contributed by atoms with Crippen molar-refractivity contribution in [1.82, 2.24) is 19.9 Å². The summed E-state index contributed by atoms with van der Waals surface area (Å²) < 4.78 is 11.8. The number of halogens is 1. The van der Waals surface area contributed by atoms with Crippen molar-refractivity contribution in [3.63, 3.8) is 0 Å². The molecule has 4 heterocycles. The number of pyridine rings is 1. The molecule has 2 amide bonds. The molecule has 0 unspecified atom stereocenters. The van der Waals surface area contributed by atoms with Gasteiger partial charge in [0.1, 0.15) is 16.2 Å². The molecule has 0 saturated heterocycles. The third-order valence-electron chi connectivity index (χ3n) is 8.97. The molecule has 3 aromatic carbocycles. The Morgan fingerprint density at radius 1 is 1.02 bits per heavy atom. The van der Waals surface area contributed by atoms with Gasteiger partial charge < -0.3 is 19.3 Å². The highest BCUT2D eigenvalue weighted by Crippen LogP contribution is 2.38. The summed E-state index contributed by atoms with van der Waals surface area (Å²) in [6.07, 6.45) is 5.37. The van der Waals surface area contributed by atoms with Gasteiger partial charge in [0.15, 0.2) is 0 Å². The molecule has 1 aliphatic carbocycles. The van der Waals surface area contributed by atoms with E-state index >= 15 is 0 Å². The van der Waals surface area contributed by atoms with Gasteiger partial charge in [-0.25, -0.2) is 15.0 Å². The molecular weight excluding hydrogens is 646 g/mol. The van der Waals surface area contributed by atoms with E-state index in [0.717, 1.165) is 67.7 Å². The van der Waals surface area contributed by atoms with Gasteiger partial charge >= 0.3 is 0 Å². The molecular formula is C36H30BrN5O4. The Labute approximate surface area is 274 Å². The number of aromatic nitrogens is 3. The van der Waals surface area contributed by atoms with Gasteiger partial charge in [-0.15, -0.1) is 0 Å². The molecule has 0 radical (unpaired) electrons. The number of hydrogen-bond donors (Lipinski definition) is 0. The van der Waals surface area contributed by atoms with Gasteiger partial charge in [0.25, 0.3) is 11.8 Å². The van der Waals surface area contributed by atoms with E-state index in [1.54, 1.807) is 24.4 Å². The Morgan fingerprint density at radius 2 is 1.78 bits per heavy atom. The zero-order valence-electron chi connectivity index (χ0n) is 25.2. The SMILES string of the molecule is COc1ccc(CN2Cc3cccc(N(Cc4ccc5c6c(c(Br)nc5c4)COC6)C(=O)c4cnc(C5CC5)nc4)c3C2=O)cc1. The molecule has 0 spiro atoms. The predicted octanol–water partition coefficient (Wildman–Crippen LogP) is 6.71. The number of nitrogens with zero attached hydrogens (tertiary/aromatic N) is 5. The number of benzene rings is 3. The number of ether oxygens (including phenoxy) is 2. The van der Waals surface area contributed by atoms with Gasteiger partial charge in [0.2, 0.25) is 0 Å². The van der Waals surface area contributed by atoms with E-state index in [0.29, 0.717) is 49.0 Å². The van der Waals surface area contributed by atoms with Crippen LogP contribution in [0.3, 0.4) is 0 Å². The zero-order valence-corrected chi connectivity index (χ0v) is 26.8. The fourth-order valence-electron chi connectivity index (χ4n) is 6.36. The van der Waals surface area contributed by atoms with Crippen molar-refractivity contribution in [2.24, 2.45) is 0 Å². The highest BCUT2D eigenvalue weighted by Gasteiger charge is 2.34. The second-order valence-corrected chi connectivity index (χ2v) is 12.8. The molecule has 5 aromatic rings. The second kappa shape index (κ2) is 11.6. The summed E-state index contributed by atoms with van der Waals surface area (Å²) in [7, 11) is 1.63. The fraction of sp³-hybridized carbons (Fsp3) is 0.250. The van der Waals surface area contributed by atoms with E-state index in [2.05, 4.69) is 25.9 Å². The Kier molecular flexibility index (Phi) is 7.26. The lowest BCUT2D eigenvalue weighted by atomic mass is 10.0. The average molecular weight is 677 g/mol. The van der Waals surface area contributed by atoms with E-state index in [4.69, 9.17) is 14.5 Å². The Balaban J connectivity index is 1.16. The summed E-state index contributed by atoms with van der Waals surface area (Å²) in [5.74, 6) is 1.53. The summed E-state index contributed by atoms with van der Waals surface area (Å²) >= 11 is 3.61. The van der Waals surface area contributed by atoms with Crippen molar-refractivity contribution in [3.05, 3.63) is 122 Å². The van der Waals surface area contributed by atoms with Crippen molar-refractivity contribution in [2.75, 3.05) is 12.0 Å². The maximum Gasteiger partial charge on any atom is 0.261 e. The van der Waals surface area contributed by atoms with Crippen molar-refractivity contribution in [1.29, 1.82) is 0 Å². The topological polar surface area (TPSA) is 97.8 Å². The van der Waals surface area contributed by atoms with Crippen LogP contribution in [-0.2, 0) is 37.6 Å². The van der Waals surface area contributed by atoms with Gasteiger partial charge in [0.05, 0.1) is 49.2 Å². The Hall–Kier alpha value is -4.67. The van der Waals surface area contributed by atoms with Gasteiger partial charge in [0, 0.05) is 42.4 Å². The van der Waals surface area contributed by atoms with E-state index in [9.17, 15) is 9.59 Å². The first-order chi connectivity index (χ1) is 22.5. The Morgan fingerprint density at radius 3 is 2.54 bits per heavy atom. The van der Waals surface area contributed by atoms with Crippen molar-refractivity contribution < 1.29 is 19.1 Å². The number of methoxy groups -OCH3 is 1. The van der Waals surface area contributed by atoms with Gasteiger partial charge in [-0.05, 0) is 75.3 Å². The molecule has 3 aliphatic rings. The number of hydrogen-bond acceptors (Lipinski definition) is 7. The number of anilines is 1. The normalized spacial score (nSPS) is 15.3. The Bertz CT molecular complexity index is 2010. The van der Waals surface area contributed by atoms with Crippen molar-refractivity contribution in [3.8, 4) is 5.75 Å². The van der Waals surface area contributed by atoms with Crippen LogP contribution in [0.25, 0.3) is 10.9 Å². The first-order valence-electron chi connectivity index (χ1n) is 15.3. The standard InChI is InChI=1S/C36H30BrN5O4/c1-45-26-10-5-21(6-11-26)16-41-18-24-3-2-4-31(32(24)36(41)44)42(35(43)25-14-38-34(39-15-25)23-8-9-23)17-22-7-12-27-28-19-46-20-29(28)33(37)40-30(27)13-22/h2-7,10-15,23H,8-9,16-20H2,1H3. The van der Waals surface area contributed by atoms with Gasteiger partial charge in [-0.2, -0.15) is 0 Å². The van der Waals surface area contributed by atoms with E-state index in [1.165, 1.54) is 0 Å². The number of amides is 2. The third kappa shape index (κ3) is 5.21. The molecule has 10 heteroatoms. The maximum atomic E-state index is 14.3. The van der Waals surface area contributed by atoms with Crippen LogP contribution in [0.5, 0.6) is 5.75 Å². The molecule has 0 atom stereocenters. The summed E-state index contributed by atoms with van der Waals surface area (Å²) in [6, 6.07) is 19.5. The molecule has 46 heavy (non-hydrogen) atoms. The summed E-state index contributed by atoms with van der Waals surface area (Å²) in [6.45, 7) is 2.21. The lowest BCUT2D eigenvalue weighted by Gasteiger charge is -2.25. The number of fused-ring (bicyclic) bond motifs is 4. The van der Waals surface area contributed by atoms with Gasteiger partial charge in [-0.1, -0.05) is 36.4 Å².